The van der Waals surface area contributed by atoms with Crippen molar-refractivity contribution in [2.45, 2.75) is 27.3 Å². The minimum Gasteiger partial charge on any atom is -0.238 e. The molecule has 0 radical (unpaired) electrons. The van der Waals surface area contributed by atoms with E-state index in [-0.39, 0.29) is 0 Å². The van der Waals surface area contributed by atoms with E-state index in [0.29, 0.717) is 5.69 Å². The first-order valence-electron chi connectivity index (χ1n) is 7.13. The van der Waals surface area contributed by atoms with E-state index in [0.717, 1.165) is 11.9 Å². The van der Waals surface area contributed by atoms with Crippen LogP contribution in [0.2, 0.25) is 0 Å². The highest BCUT2D eigenvalue weighted by Crippen LogP contribution is 2.32. The molecule has 2 heterocycles. The lowest BCUT2D eigenvalue weighted by Crippen LogP contribution is -2.36. The third kappa shape index (κ3) is 1.50. The fraction of sp³-hybridized carbons (Fsp3) is 0.222. The van der Waals surface area contributed by atoms with E-state index in [4.69, 9.17) is 6.57 Å². The number of fused-ring (bicyclic) bond motifs is 5. The summed E-state index contributed by atoms with van der Waals surface area (Å²) in [6.45, 7) is 14.6. The van der Waals surface area contributed by atoms with Crippen LogP contribution in [0.15, 0.2) is 30.5 Å². The zero-order valence-electron chi connectivity index (χ0n) is 12.4. The first kappa shape index (κ1) is 12.2. The topological polar surface area (TPSA) is 13.2 Å². The zero-order valence-corrected chi connectivity index (χ0v) is 12.4. The lowest BCUT2D eigenvalue weighted by molar-refractivity contribution is -0.749. The summed E-state index contributed by atoms with van der Waals surface area (Å²) in [6, 6.07) is 8.23. The number of hydrogen-bond acceptors (Lipinski definition) is 0. The molecular weight excluding hydrogens is 258 g/mol. The van der Waals surface area contributed by atoms with Gasteiger partial charge in [0, 0.05) is 5.56 Å². The first-order valence-corrected chi connectivity index (χ1v) is 7.13. The number of rotatable bonds is 0. The van der Waals surface area contributed by atoms with E-state index in [9.17, 15) is 0 Å². The summed E-state index contributed by atoms with van der Waals surface area (Å²) in [4.78, 5) is 3.52. The third-order valence-corrected chi connectivity index (χ3v) is 4.66. The Balaban J connectivity index is 2.08. The van der Waals surface area contributed by atoms with Crippen molar-refractivity contribution in [1.82, 2.24) is 4.68 Å². The minimum absolute atomic E-state index is 0.699. The van der Waals surface area contributed by atoms with Crippen molar-refractivity contribution in [2.75, 3.05) is 0 Å². The Kier molecular flexibility index (Phi) is 2.29. The molecule has 0 saturated carbocycles. The molecular formula is C18H16N3+. The smallest absolute Gasteiger partial charge is 0.203 e. The quantitative estimate of drug-likeness (QED) is 0.342. The maximum Gasteiger partial charge on any atom is 0.203 e. The van der Waals surface area contributed by atoms with Crippen LogP contribution in [0.25, 0.3) is 21.4 Å². The minimum atomic E-state index is 0.699. The molecule has 1 aromatic heterocycles. The molecule has 3 nitrogen and oxygen atoms in total. The second-order valence-corrected chi connectivity index (χ2v) is 5.84. The predicted molar refractivity (Wildman–Crippen MR) is 83.0 cm³/mol. The van der Waals surface area contributed by atoms with Gasteiger partial charge in [-0.3, -0.25) is 0 Å². The Morgan fingerprint density at radius 3 is 2.71 bits per heavy atom. The van der Waals surface area contributed by atoms with Gasteiger partial charge in [0.1, 0.15) is 11.2 Å². The Bertz CT molecular complexity index is 955. The number of nitrogens with zero attached hydrogens (tertiary/aromatic N) is 3. The summed E-state index contributed by atoms with van der Waals surface area (Å²) in [5, 5.41) is 1.13. The Hall–Kier alpha value is -2.60. The van der Waals surface area contributed by atoms with E-state index in [1.54, 1.807) is 0 Å². The monoisotopic (exact) mass is 274 g/mol. The summed E-state index contributed by atoms with van der Waals surface area (Å²) in [6.07, 6.45) is 2.15. The fourth-order valence-corrected chi connectivity index (χ4v) is 3.37. The van der Waals surface area contributed by atoms with Gasteiger partial charge in [0.15, 0.2) is 12.2 Å². The molecule has 3 heteroatoms. The van der Waals surface area contributed by atoms with Crippen molar-refractivity contribution in [3.05, 3.63) is 64.1 Å². The maximum absolute atomic E-state index is 7.15. The molecule has 0 bridgehead atoms. The van der Waals surface area contributed by atoms with Crippen molar-refractivity contribution in [2.24, 2.45) is 0 Å². The van der Waals surface area contributed by atoms with E-state index >= 15 is 0 Å². The number of aryl methyl sites for hydroxylation is 1. The molecule has 0 saturated heterocycles. The number of benzene rings is 2. The third-order valence-electron chi connectivity index (χ3n) is 4.66. The van der Waals surface area contributed by atoms with Gasteiger partial charge in [-0.15, -0.1) is 9.36 Å². The summed E-state index contributed by atoms with van der Waals surface area (Å²) < 4.78 is 4.54. The van der Waals surface area contributed by atoms with Crippen LogP contribution in [0.4, 0.5) is 5.69 Å². The van der Waals surface area contributed by atoms with Gasteiger partial charge in [0.05, 0.1) is 12.0 Å². The number of hydrogen-bond donors (Lipinski definition) is 0. The molecule has 1 aliphatic heterocycles. The molecule has 0 amide bonds. The standard InChI is InChI=1S/C18H16N3/c1-11-7-15-10-20-9-14-8-16(19-4)5-6-17(14)21(20)18(15)13(3)12(11)2/h5-9H,10H2,1-3H3/q+1. The van der Waals surface area contributed by atoms with Gasteiger partial charge in [-0.1, -0.05) is 6.07 Å². The normalized spacial score (nSPS) is 12.3. The van der Waals surface area contributed by atoms with Crippen molar-refractivity contribution in [3.8, 4) is 5.69 Å². The highest BCUT2D eigenvalue weighted by molar-refractivity contribution is 5.84. The van der Waals surface area contributed by atoms with Crippen molar-refractivity contribution >= 4 is 16.6 Å². The van der Waals surface area contributed by atoms with Gasteiger partial charge in [-0.05, 0) is 55.7 Å². The molecule has 0 N–H and O–H groups in total. The fourth-order valence-electron chi connectivity index (χ4n) is 3.37. The molecule has 0 aliphatic carbocycles. The van der Waals surface area contributed by atoms with Crippen LogP contribution in [0.5, 0.6) is 0 Å². The second kappa shape index (κ2) is 3.95. The molecule has 102 valence electrons. The number of aromatic nitrogens is 2. The van der Waals surface area contributed by atoms with Gasteiger partial charge in [0.2, 0.25) is 6.20 Å². The molecule has 0 unspecified atom stereocenters. The van der Waals surface area contributed by atoms with Crippen LogP contribution < -0.4 is 4.68 Å². The molecule has 0 fully saturated rings. The van der Waals surface area contributed by atoms with Gasteiger partial charge in [-0.2, -0.15) is 0 Å². The predicted octanol–water partition coefficient (Wildman–Crippen LogP) is 3.76. The summed E-state index contributed by atoms with van der Waals surface area (Å²) in [7, 11) is 0. The largest absolute Gasteiger partial charge is 0.238 e. The lowest BCUT2D eigenvalue weighted by Gasteiger charge is -2.09. The average Bonchev–Trinajstić information content (AvgIpc) is 2.99. The van der Waals surface area contributed by atoms with Crippen LogP contribution in [0, 0.1) is 27.3 Å². The Labute approximate surface area is 123 Å². The van der Waals surface area contributed by atoms with Gasteiger partial charge >= 0.3 is 0 Å². The van der Waals surface area contributed by atoms with Crippen LogP contribution in [0.1, 0.15) is 22.3 Å². The maximum atomic E-state index is 7.15. The van der Waals surface area contributed by atoms with Crippen LogP contribution in [-0.4, -0.2) is 4.68 Å². The van der Waals surface area contributed by atoms with Crippen molar-refractivity contribution in [3.63, 3.8) is 0 Å². The molecule has 3 aromatic rings. The first-order chi connectivity index (χ1) is 10.1. The van der Waals surface area contributed by atoms with Crippen molar-refractivity contribution < 1.29 is 4.68 Å². The molecule has 2 aromatic carbocycles. The van der Waals surface area contributed by atoms with Crippen LogP contribution in [-0.2, 0) is 6.54 Å². The second-order valence-electron chi connectivity index (χ2n) is 5.84. The van der Waals surface area contributed by atoms with E-state index in [1.807, 2.05) is 12.1 Å². The Morgan fingerprint density at radius 1 is 1.14 bits per heavy atom. The molecule has 4 rings (SSSR count). The van der Waals surface area contributed by atoms with E-state index in [1.165, 1.54) is 33.5 Å². The average molecular weight is 274 g/mol. The zero-order chi connectivity index (χ0) is 14.7. The Morgan fingerprint density at radius 2 is 1.95 bits per heavy atom. The lowest BCUT2D eigenvalue weighted by atomic mass is 9.98. The summed E-state index contributed by atoms with van der Waals surface area (Å²) >= 11 is 0. The van der Waals surface area contributed by atoms with E-state index < -0.39 is 0 Å². The highest BCUT2D eigenvalue weighted by atomic mass is 15.4. The van der Waals surface area contributed by atoms with Gasteiger partial charge in [0.25, 0.3) is 0 Å². The van der Waals surface area contributed by atoms with Gasteiger partial charge < -0.3 is 0 Å². The highest BCUT2D eigenvalue weighted by Gasteiger charge is 2.30. The molecule has 0 spiro atoms. The summed E-state index contributed by atoms with van der Waals surface area (Å²) in [5.41, 5.74) is 8.63. The summed E-state index contributed by atoms with van der Waals surface area (Å²) in [5.74, 6) is 0. The molecule has 21 heavy (non-hydrogen) atoms. The van der Waals surface area contributed by atoms with Crippen LogP contribution >= 0.6 is 0 Å². The van der Waals surface area contributed by atoms with Crippen LogP contribution in [0.3, 0.4) is 0 Å². The SMILES string of the molecule is [C-]#[N+]c1ccc2c(c1)c[n+]1n2-c2c(cc(C)c(C)c2C)C1. The van der Waals surface area contributed by atoms with Gasteiger partial charge in [-0.25, -0.2) is 4.85 Å². The van der Waals surface area contributed by atoms with E-state index in [2.05, 4.69) is 53.3 Å². The molecule has 1 aliphatic rings. The molecule has 0 atom stereocenters. The van der Waals surface area contributed by atoms with Crippen molar-refractivity contribution in [1.29, 1.82) is 0 Å².